The number of nitrogens with two attached hydrogens (primary N) is 1. The highest BCUT2D eigenvalue weighted by atomic mass is 16.6. The summed E-state index contributed by atoms with van der Waals surface area (Å²) in [6, 6.07) is 0. The Bertz CT molecular complexity index is 798. The van der Waals surface area contributed by atoms with Gasteiger partial charge in [-0.2, -0.15) is 0 Å². The minimum atomic E-state index is -1.03. The van der Waals surface area contributed by atoms with Gasteiger partial charge < -0.3 is 30.5 Å². The highest BCUT2D eigenvalue weighted by Crippen LogP contribution is 2.33. The third-order valence-electron chi connectivity index (χ3n) is 3.76. The van der Waals surface area contributed by atoms with Crippen molar-refractivity contribution in [1.82, 2.24) is 19.5 Å². The zero-order valence-electron chi connectivity index (χ0n) is 12.8. The highest BCUT2D eigenvalue weighted by Gasteiger charge is 2.45. The molecule has 5 N–H and O–H groups in total. The molecule has 2 aromatic heterocycles. The van der Waals surface area contributed by atoms with Crippen molar-refractivity contribution in [2.24, 2.45) is 0 Å². The summed E-state index contributed by atoms with van der Waals surface area (Å²) in [4.78, 5) is 12.4. The average molecular weight is 335 g/mol. The van der Waals surface area contributed by atoms with Gasteiger partial charge >= 0.3 is 0 Å². The Morgan fingerprint density at radius 3 is 2.83 bits per heavy atom. The molecule has 3 heterocycles. The maximum atomic E-state index is 10.4. The van der Waals surface area contributed by atoms with E-state index in [9.17, 15) is 10.2 Å². The van der Waals surface area contributed by atoms with Gasteiger partial charge in [0, 0.05) is 7.11 Å². The Hall–Kier alpha value is -2.29. The predicted octanol–water partition coefficient (Wildman–Crippen LogP) is -1.98. The molecule has 1 aliphatic rings. The third kappa shape index (κ3) is 2.68. The van der Waals surface area contributed by atoms with Crippen LogP contribution in [0.3, 0.4) is 0 Å². The molecule has 10 nitrogen and oxygen atoms in total. The molecule has 4 atom stereocenters. The average Bonchev–Trinajstić information content (AvgIpc) is 3.13. The molecule has 1 aliphatic heterocycles. The molecular formula is C14H17N5O5. The van der Waals surface area contributed by atoms with Crippen LogP contribution in [0.4, 0.5) is 5.82 Å². The van der Waals surface area contributed by atoms with E-state index in [0.717, 1.165) is 0 Å². The van der Waals surface area contributed by atoms with E-state index < -0.39 is 24.5 Å². The number of rotatable bonds is 3. The summed E-state index contributed by atoms with van der Waals surface area (Å²) in [6.07, 6.45) is -1.84. The first-order valence-corrected chi connectivity index (χ1v) is 7.17. The number of methoxy groups -OCH3 is 1. The lowest BCUT2D eigenvalue weighted by atomic mass is 10.1. The summed E-state index contributed by atoms with van der Waals surface area (Å²) >= 11 is 0. The van der Waals surface area contributed by atoms with Crippen molar-refractivity contribution in [3.63, 3.8) is 0 Å². The van der Waals surface area contributed by atoms with Gasteiger partial charge in [-0.25, -0.2) is 15.0 Å². The maximum absolute atomic E-state index is 10.4. The van der Waals surface area contributed by atoms with Gasteiger partial charge in [-0.05, 0) is 5.92 Å². The van der Waals surface area contributed by atoms with E-state index in [0.29, 0.717) is 11.2 Å². The zero-order chi connectivity index (χ0) is 17.3. The van der Waals surface area contributed by atoms with Crippen LogP contribution in [-0.4, -0.2) is 73.5 Å². The van der Waals surface area contributed by atoms with E-state index in [2.05, 4.69) is 26.8 Å². The third-order valence-corrected chi connectivity index (χ3v) is 3.76. The predicted molar refractivity (Wildman–Crippen MR) is 81.5 cm³/mol. The molecule has 0 amide bonds. The van der Waals surface area contributed by atoms with E-state index in [1.807, 2.05) is 0 Å². The van der Waals surface area contributed by atoms with Crippen LogP contribution in [-0.2, 0) is 9.47 Å². The van der Waals surface area contributed by atoms with E-state index in [-0.39, 0.29) is 24.9 Å². The minimum Gasteiger partial charge on any atom is -0.394 e. The minimum absolute atomic E-state index is 0.116. The second-order valence-electron chi connectivity index (χ2n) is 5.15. The number of ether oxygens (including phenoxy) is 2. The van der Waals surface area contributed by atoms with Gasteiger partial charge in [0.2, 0.25) is 5.82 Å². The van der Waals surface area contributed by atoms with Gasteiger partial charge in [-0.15, -0.1) is 0 Å². The zero-order valence-corrected chi connectivity index (χ0v) is 12.8. The lowest BCUT2D eigenvalue weighted by molar-refractivity contribution is -0.0535. The first-order valence-electron chi connectivity index (χ1n) is 7.17. The number of fused-ring (bicyclic) bond motifs is 1. The number of hydrogen-bond acceptors (Lipinski definition) is 9. The molecule has 0 aromatic carbocycles. The summed E-state index contributed by atoms with van der Waals surface area (Å²) in [5.41, 5.74) is 6.51. The lowest BCUT2D eigenvalue weighted by Gasteiger charge is -2.17. The van der Waals surface area contributed by atoms with Gasteiger partial charge in [0.25, 0.3) is 0 Å². The van der Waals surface area contributed by atoms with Crippen molar-refractivity contribution < 1.29 is 24.8 Å². The van der Waals surface area contributed by atoms with Crippen LogP contribution in [0, 0.1) is 11.8 Å². The molecule has 0 aliphatic carbocycles. The molecule has 0 saturated carbocycles. The summed E-state index contributed by atoms with van der Waals surface area (Å²) in [7, 11) is 1.43. The van der Waals surface area contributed by atoms with Crippen molar-refractivity contribution in [3.05, 3.63) is 12.2 Å². The highest BCUT2D eigenvalue weighted by molar-refractivity contribution is 5.82. The molecule has 1 fully saturated rings. The Balaban J connectivity index is 2.05. The monoisotopic (exact) mass is 335 g/mol. The summed E-state index contributed by atoms with van der Waals surface area (Å²) in [5, 5.41) is 28.6. The lowest BCUT2D eigenvalue weighted by Crippen LogP contribution is -2.35. The molecule has 0 radical (unpaired) electrons. The molecule has 1 saturated heterocycles. The number of imidazole rings is 1. The molecule has 0 spiro atoms. The quantitative estimate of drug-likeness (QED) is 0.468. The molecular weight excluding hydrogens is 318 g/mol. The molecule has 0 unspecified atom stereocenters. The Morgan fingerprint density at radius 2 is 2.21 bits per heavy atom. The number of aliphatic hydroxyl groups excluding tert-OH is 3. The molecule has 10 heteroatoms. The fraction of sp³-hybridized carbons (Fsp3) is 0.500. The van der Waals surface area contributed by atoms with Crippen molar-refractivity contribution in [2.45, 2.75) is 24.5 Å². The van der Waals surface area contributed by atoms with Crippen LogP contribution in [0.15, 0.2) is 6.33 Å². The summed E-state index contributed by atoms with van der Waals surface area (Å²) < 4.78 is 12.3. The molecule has 128 valence electrons. The standard InChI is InChI=1S/C14H17N5O5/c1-23-11-7(5-21)24-14(10(11)22)19-6-16-9-12(15)17-8(3-2-4-20)18-13(9)19/h6-7,10-11,14,20-22H,4-5H2,1H3,(H2,15,17,18)/t7-,10-,11-,14-/m1/s1. The molecule has 3 rings (SSSR count). The van der Waals surface area contributed by atoms with Crippen LogP contribution in [0.25, 0.3) is 11.2 Å². The van der Waals surface area contributed by atoms with E-state index in [4.69, 9.17) is 20.3 Å². The molecule has 0 bridgehead atoms. The van der Waals surface area contributed by atoms with Crippen molar-refractivity contribution in [2.75, 3.05) is 26.1 Å². The van der Waals surface area contributed by atoms with Crippen LogP contribution >= 0.6 is 0 Å². The van der Waals surface area contributed by atoms with Crippen LogP contribution in [0.5, 0.6) is 0 Å². The first kappa shape index (κ1) is 16.6. The number of aromatic nitrogens is 4. The number of hydrogen-bond donors (Lipinski definition) is 4. The molecule has 24 heavy (non-hydrogen) atoms. The Morgan fingerprint density at radius 1 is 1.42 bits per heavy atom. The summed E-state index contributed by atoms with van der Waals surface area (Å²) in [5.74, 6) is 5.25. The normalized spacial score (nSPS) is 26.5. The van der Waals surface area contributed by atoms with E-state index >= 15 is 0 Å². The van der Waals surface area contributed by atoms with Gasteiger partial charge in [-0.1, -0.05) is 5.92 Å². The van der Waals surface area contributed by atoms with Crippen molar-refractivity contribution in [1.29, 1.82) is 0 Å². The maximum Gasteiger partial charge on any atom is 0.209 e. The van der Waals surface area contributed by atoms with E-state index in [1.165, 1.54) is 18.0 Å². The summed E-state index contributed by atoms with van der Waals surface area (Å²) in [6.45, 7) is -0.637. The number of nitrogens with zero attached hydrogens (tertiary/aromatic N) is 4. The van der Waals surface area contributed by atoms with Gasteiger partial charge in [-0.3, -0.25) is 4.57 Å². The van der Waals surface area contributed by atoms with Crippen LogP contribution < -0.4 is 5.73 Å². The van der Waals surface area contributed by atoms with Crippen LogP contribution in [0.1, 0.15) is 12.1 Å². The Labute approximate surface area is 136 Å². The number of nitrogen functional groups attached to an aromatic ring is 1. The van der Waals surface area contributed by atoms with Crippen molar-refractivity contribution >= 4 is 17.0 Å². The number of aliphatic hydroxyl groups is 3. The van der Waals surface area contributed by atoms with Crippen LogP contribution in [0.2, 0.25) is 0 Å². The Kier molecular flexibility index (Phi) is 4.61. The number of anilines is 1. The second-order valence-corrected chi connectivity index (χ2v) is 5.15. The van der Waals surface area contributed by atoms with Crippen molar-refractivity contribution in [3.8, 4) is 11.8 Å². The SMILES string of the molecule is CO[C@H]1[C@@H](O)[C@H](n2cnc3c(N)nc(C#CCO)nc32)O[C@@H]1CO. The fourth-order valence-corrected chi connectivity index (χ4v) is 2.69. The van der Waals surface area contributed by atoms with E-state index in [1.54, 1.807) is 0 Å². The molecule has 2 aromatic rings. The van der Waals surface area contributed by atoms with Gasteiger partial charge in [0.15, 0.2) is 17.7 Å². The first-order chi connectivity index (χ1) is 11.6. The largest absolute Gasteiger partial charge is 0.394 e. The topological polar surface area (TPSA) is 149 Å². The van der Waals surface area contributed by atoms with Gasteiger partial charge in [0.1, 0.15) is 30.4 Å². The second kappa shape index (κ2) is 6.68. The van der Waals surface area contributed by atoms with Gasteiger partial charge in [0.05, 0.1) is 12.9 Å². The fourth-order valence-electron chi connectivity index (χ4n) is 2.69. The smallest absolute Gasteiger partial charge is 0.209 e.